The third-order valence-electron chi connectivity index (χ3n) is 3.56. The van der Waals surface area contributed by atoms with E-state index in [1.807, 2.05) is 30.3 Å². The number of aliphatic hydroxyl groups is 1. The lowest BCUT2D eigenvalue weighted by Gasteiger charge is -2.11. The van der Waals surface area contributed by atoms with Crippen LogP contribution in [0.15, 0.2) is 40.9 Å². The average Bonchev–Trinajstić information content (AvgIpc) is 3.06. The summed E-state index contributed by atoms with van der Waals surface area (Å²) >= 11 is 0. The molecule has 0 spiro atoms. The first-order valence-corrected chi connectivity index (χ1v) is 8.33. The zero-order valence-electron chi connectivity index (χ0n) is 13.7. The number of hydrogen-bond donors (Lipinski definition) is 2. The van der Waals surface area contributed by atoms with Gasteiger partial charge in [-0.1, -0.05) is 56.5 Å². The minimum atomic E-state index is -0.557. The van der Waals surface area contributed by atoms with E-state index in [0.29, 0.717) is 18.2 Å². The number of hydrogen-bond acceptors (Lipinski definition) is 5. The van der Waals surface area contributed by atoms with Gasteiger partial charge in [0, 0.05) is 18.2 Å². The van der Waals surface area contributed by atoms with Crippen LogP contribution in [0.3, 0.4) is 0 Å². The highest BCUT2D eigenvalue weighted by Crippen LogP contribution is 2.23. The van der Waals surface area contributed by atoms with Crippen molar-refractivity contribution in [1.82, 2.24) is 10.5 Å². The Morgan fingerprint density at radius 2 is 2.04 bits per heavy atom. The van der Waals surface area contributed by atoms with E-state index in [4.69, 9.17) is 9.26 Å². The summed E-state index contributed by atoms with van der Waals surface area (Å²) < 4.78 is 10.7. The third-order valence-corrected chi connectivity index (χ3v) is 3.56. The fraction of sp³-hybridized carbons (Fsp3) is 0.500. The minimum absolute atomic E-state index is 0.197. The van der Waals surface area contributed by atoms with Crippen LogP contribution in [0.25, 0.3) is 11.3 Å². The highest BCUT2D eigenvalue weighted by atomic mass is 16.5. The summed E-state index contributed by atoms with van der Waals surface area (Å²) in [5.74, 6) is 1.05. The van der Waals surface area contributed by atoms with Gasteiger partial charge in [0.05, 0.1) is 0 Å². The van der Waals surface area contributed by atoms with Gasteiger partial charge in [-0.25, -0.2) is 0 Å². The molecule has 0 saturated heterocycles. The smallest absolute Gasteiger partial charge is 0.254 e. The van der Waals surface area contributed by atoms with Crippen molar-refractivity contribution in [3.63, 3.8) is 0 Å². The van der Waals surface area contributed by atoms with Gasteiger partial charge in [-0.3, -0.25) is 0 Å². The van der Waals surface area contributed by atoms with Crippen LogP contribution in [0.2, 0.25) is 0 Å². The molecule has 0 amide bonds. The molecule has 0 radical (unpaired) electrons. The van der Waals surface area contributed by atoms with Crippen molar-refractivity contribution in [3.05, 3.63) is 36.4 Å². The first-order valence-electron chi connectivity index (χ1n) is 8.33. The van der Waals surface area contributed by atoms with Crippen LogP contribution in [0, 0.1) is 0 Å². The summed E-state index contributed by atoms with van der Waals surface area (Å²) in [6, 6.07) is 11.5. The Balaban J connectivity index is 1.65. The van der Waals surface area contributed by atoms with E-state index in [0.717, 1.165) is 18.5 Å². The van der Waals surface area contributed by atoms with Crippen LogP contribution >= 0.6 is 0 Å². The molecule has 1 unspecified atom stereocenters. The van der Waals surface area contributed by atoms with Gasteiger partial charge in [-0.15, -0.1) is 0 Å². The predicted octanol–water partition coefficient (Wildman–Crippen LogP) is 3.25. The summed E-state index contributed by atoms with van der Waals surface area (Å²) in [4.78, 5) is 0. The zero-order chi connectivity index (χ0) is 16.3. The van der Waals surface area contributed by atoms with E-state index in [1.165, 1.54) is 19.3 Å². The maximum Gasteiger partial charge on any atom is 0.254 e. The molecule has 2 rings (SSSR count). The molecule has 1 aromatic heterocycles. The average molecular weight is 318 g/mol. The Bertz CT molecular complexity index is 542. The van der Waals surface area contributed by atoms with Crippen LogP contribution in [0.4, 0.5) is 0 Å². The van der Waals surface area contributed by atoms with Gasteiger partial charge in [0.1, 0.15) is 12.7 Å². The third kappa shape index (κ3) is 6.42. The van der Waals surface area contributed by atoms with Gasteiger partial charge in [-0.2, -0.15) is 0 Å². The fourth-order valence-corrected chi connectivity index (χ4v) is 2.25. The van der Waals surface area contributed by atoms with E-state index in [9.17, 15) is 5.11 Å². The van der Waals surface area contributed by atoms with Crippen LogP contribution < -0.4 is 10.1 Å². The lowest BCUT2D eigenvalue weighted by atomic mass is 10.2. The summed E-state index contributed by atoms with van der Waals surface area (Å²) in [6.45, 7) is 3.85. The van der Waals surface area contributed by atoms with Crippen molar-refractivity contribution >= 4 is 0 Å². The Hall–Kier alpha value is -1.85. The molecule has 1 aromatic carbocycles. The number of aromatic nitrogens is 1. The molecule has 0 bridgehead atoms. The molecular weight excluding hydrogens is 292 g/mol. The fourth-order valence-electron chi connectivity index (χ4n) is 2.25. The Kier molecular flexibility index (Phi) is 7.63. The number of rotatable bonds is 11. The summed E-state index contributed by atoms with van der Waals surface area (Å²) in [5.41, 5.74) is 0.948. The summed E-state index contributed by atoms with van der Waals surface area (Å²) in [6.07, 6.45) is 4.32. The molecular formula is C18H26N2O3. The first-order chi connectivity index (χ1) is 11.3. The van der Waals surface area contributed by atoms with Gasteiger partial charge in [0.15, 0.2) is 5.76 Å². The molecule has 23 heavy (non-hydrogen) atoms. The van der Waals surface area contributed by atoms with Gasteiger partial charge in [-0.05, 0) is 18.1 Å². The maximum atomic E-state index is 9.89. The van der Waals surface area contributed by atoms with Crippen molar-refractivity contribution in [3.8, 4) is 17.2 Å². The van der Waals surface area contributed by atoms with Gasteiger partial charge in [0.25, 0.3) is 5.88 Å². The normalized spacial score (nSPS) is 12.3. The molecule has 2 aromatic rings. The second-order valence-electron chi connectivity index (χ2n) is 5.63. The monoisotopic (exact) mass is 318 g/mol. The van der Waals surface area contributed by atoms with Gasteiger partial charge < -0.3 is 19.7 Å². The van der Waals surface area contributed by atoms with Crippen LogP contribution in [-0.2, 0) is 0 Å². The van der Waals surface area contributed by atoms with Crippen LogP contribution in [0.1, 0.15) is 32.6 Å². The minimum Gasteiger partial charge on any atom is -0.473 e. The maximum absolute atomic E-state index is 9.89. The Morgan fingerprint density at radius 1 is 1.22 bits per heavy atom. The van der Waals surface area contributed by atoms with E-state index >= 15 is 0 Å². The lowest BCUT2D eigenvalue weighted by Crippen LogP contribution is -2.32. The Labute approximate surface area is 137 Å². The molecule has 1 heterocycles. The number of benzene rings is 1. The molecule has 126 valence electrons. The van der Waals surface area contributed by atoms with Crippen LogP contribution in [0.5, 0.6) is 5.88 Å². The molecule has 5 nitrogen and oxygen atoms in total. The molecule has 0 aliphatic heterocycles. The van der Waals surface area contributed by atoms with E-state index < -0.39 is 6.10 Å². The number of ether oxygens (including phenoxy) is 1. The highest BCUT2D eigenvalue weighted by molar-refractivity contribution is 5.57. The standard InChI is InChI=1S/C18H26N2O3/c1-2-3-4-8-11-19-13-16(21)14-22-18-12-17(23-20-18)15-9-6-5-7-10-15/h5-7,9-10,12,16,19,21H,2-4,8,11,13-14H2,1H3. The largest absolute Gasteiger partial charge is 0.473 e. The van der Waals surface area contributed by atoms with Gasteiger partial charge >= 0.3 is 0 Å². The molecule has 0 aliphatic carbocycles. The number of aliphatic hydroxyl groups excluding tert-OH is 1. The Morgan fingerprint density at radius 3 is 2.83 bits per heavy atom. The summed E-state index contributed by atoms with van der Waals surface area (Å²) in [7, 11) is 0. The van der Waals surface area contributed by atoms with E-state index in [2.05, 4.69) is 17.4 Å². The van der Waals surface area contributed by atoms with Crippen LogP contribution in [-0.4, -0.2) is 36.1 Å². The number of nitrogens with zero attached hydrogens (tertiary/aromatic N) is 1. The molecule has 5 heteroatoms. The van der Waals surface area contributed by atoms with E-state index in [-0.39, 0.29) is 6.61 Å². The van der Waals surface area contributed by atoms with Crippen molar-refractivity contribution in [2.45, 2.75) is 38.7 Å². The SMILES string of the molecule is CCCCCCNCC(O)COc1cc(-c2ccccc2)on1. The molecule has 0 saturated carbocycles. The van der Waals surface area contributed by atoms with Gasteiger partial charge in [0.2, 0.25) is 0 Å². The topological polar surface area (TPSA) is 67.5 Å². The molecule has 2 N–H and O–H groups in total. The molecule has 0 fully saturated rings. The number of nitrogens with one attached hydrogen (secondary N) is 1. The molecule has 1 atom stereocenters. The molecule has 0 aliphatic rings. The van der Waals surface area contributed by atoms with E-state index in [1.54, 1.807) is 6.07 Å². The predicted molar refractivity (Wildman–Crippen MR) is 90.5 cm³/mol. The second kappa shape index (κ2) is 10.0. The highest BCUT2D eigenvalue weighted by Gasteiger charge is 2.10. The first kappa shape index (κ1) is 17.5. The van der Waals surface area contributed by atoms with Crippen molar-refractivity contribution in [1.29, 1.82) is 0 Å². The zero-order valence-corrected chi connectivity index (χ0v) is 13.7. The van der Waals surface area contributed by atoms with Crippen molar-refractivity contribution in [2.24, 2.45) is 0 Å². The quantitative estimate of drug-likeness (QED) is 0.623. The lowest BCUT2D eigenvalue weighted by molar-refractivity contribution is 0.102. The number of unbranched alkanes of at least 4 members (excludes halogenated alkanes) is 3. The van der Waals surface area contributed by atoms with Crippen molar-refractivity contribution in [2.75, 3.05) is 19.7 Å². The second-order valence-corrected chi connectivity index (χ2v) is 5.63. The summed E-state index contributed by atoms with van der Waals surface area (Å²) in [5, 5.41) is 17.0. The van der Waals surface area contributed by atoms with Crippen molar-refractivity contribution < 1.29 is 14.4 Å².